The highest BCUT2D eigenvalue weighted by Crippen LogP contribution is 2.29. The highest BCUT2D eigenvalue weighted by atomic mass is 127. The molecule has 0 aromatic heterocycles. The smallest absolute Gasteiger partial charge is 0.343 e. The third-order valence-electron chi connectivity index (χ3n) is 3.56. The average Bonchev–Trinajstić information content (AvgIpc) is 2.49. The molecule has 8 heteroatoms. The molecule has 0 atom stereocenters. The van der Waals surface area contributed by atoms with Crippen LogP contribution in [0.15, 0.2) is 35.2 Å². The average molecular weight is 585 g/mol. The van der Waals surface area contributed by atoms with Crippen LogP contribution in [0.1, 0.15) is 41.3 Å². The summed E-state index contributed by atoms with van der Waals surface area (Å²) >= 11 is 4.19. The zero-order valence-electron chi connectivity index (χ0n) is 13.7. The number of carbonyl (C=O) groups excluding carboxylic acids is 1. The van der Waals surface area contributed by atoms with Crippen LogP contribution in [0.4, 0.5) is 0 Å². The van der Waals surface area contributed by atoms with E-state index in [0.717, 1.165) is 7.14 Å². The molecule has 2 aromatic carbocycles. The topological polar surface area (TPSA) is 83.5 Å². The summed E-state index contributed by atoms with van der Waals surface area (Å²) in [5.74, 6) is -0.388. The van der Waals surface area contributed by atoms with E-state index in [1.165, 1.54) is 12.1 Å². The van der Waals surface area contributed by atoms with Gasteiger partial charge in [0.05, 0.1) is 14.0 Å². The van der Waals surface area contributed by atoms with Crippen molar-refractivity contribution in [3.63, 3.8) is 0 Å². The van der Waals surface area contributed by atoms with E-state index in [1.807, 2.05) is 12.1 Å². The van der Waals surface area contributed by atoms with Gasteiger partial charge in [-0.25, -0.2) is 13.2 Å². The molecule has 0 aliphatic heterocycles. The predicted octanol–water partition coefficient (Wildman–Crippen LogP) is 4.45. The molecular formula is C17H15I2O5S-. The molecule has 0 saturated heterocycles. The third-order valence-corrected chi connectivity index (χ3v) is 6.02. The van der Waals surface area contributed by atoms with E-state index in [2.05, 4.69) is 45.2 Å². The molecule has 25 heavy (non-hydrogen) atoms. The minimum atomic E-state index is -4.62. The van der Waals surface area contributed by atoms with Crippen LogP contribution in [-0.2, 0) is 10.1 Å². The van der Waals surface area contributed by atoms with Crippen LogP contribution in [0, 0.1) is 14.1 Å². The fraction of sp³-hybridized carbons (Fsp3) is 0.235. The summed E-state index contributed by atoms with van der Waals surface area (Å²) in [6.45, 7) is 5.10. The summed E-state index contributed by atoms with van der Waals surface area (Å²) in [6.07, 6.45) is 0. The van der Waals surface area contributed by atoms with E-state index in [4.69, 9.17) is 4.74 Å². The summed E-state index contributed by atoms with van der Waals surface area (Å²) in [5.41, 5.74) is 0.931. The monoisotopic (exact) mass is 585 g/mol. The van der Waals surface area contributed by atoms with Crippen LogP contribution in [0.3, 0.4) is 0 Å². The number of hydrogen-bond donors (Lipinski definition) is 0. The van der Waals surface area contributed by atoms with Gasteiger partial charge in [-0.2, -0.15) is 0 Å². The zero-order chi connectivity index (χ0) is 18.9. The largest absolute Gasteiger partial charge is 0.744 e. The fourth-order valence-corrected chi connectivity index (χ4v) is 4.11. The van der Waals surface area contributed by atoms with Gasteiger partial charge >= 0.3 is 5.97 Å². The molecule has 2 aromatic rings. The fourth-order valence-electron chi connectivity index (χ4n) is 2.30. The van der Waals surface area contributed by atoms with E-state index in [-0.39, 0.29) is 16.4 Å². The molecule has 0 aliphatic rings. The molecule has 134 valence electrons. The lowest BCUT2D eigenvalue weighted by Gasteiger charge is -2.18. The van der Waals surface area contributed by atoms with Gasteiger partial charge in [-0.1, -0.05) is 13.8 Å². The van der Waals surface area contributed by atoms with Gasteiger partial charge in [0.15, 0.2) is 0 Å². The number of halogens is 2. The molecular weight excluding hydrogens is 570 g/mol. The Balaban J connectivity index is 2.50. The summed E-state index contributed by atoms with van der Waals surface area (Å²) < 4.78 is 41.7. The number of hydrogen-bond acceptors (Lipinski definition) is 5. The van der Waals surface area contributed by atoms with E-state index >= 15 is 0 Å². The van der Waals surface area contributed by atoms with Gasteiger partial charge in [0.25, 0.3) is 0 Å². The van der Waals surface area contributed by atoms with E-state index < -0.39 is 16.1 Å². The Hall–Kier alpha value is -0.720. The van der Waals surface area contributed by atoms with Crippen molar-refractivity contribution in [1.29, 1.82) is 0 Å². The highest BCUT2D eigenvalue weighted by molar-refractivity contribution is 14.1. The number of aryl methyl sites for hydroxylation is 1. The van der Waals surface area contributed by atoms with Crippen LogP contribution < -0.4 is 4.74 Å². The summed E-state index contributed by atoms with van der Waals surface area (Å²) in [7, 11) is -4.62. The molecule has 5 nitrogen and oxygen atoms in total. The molecule has 2 rings (SSSR count). The standard InChI is InChI=1S/C17H16I2O5S/c1-9(2)12-8-13(10(3)6-16(12)25(21,22)23)17(20)24-15-7-11(18)4-5-14(15)19/h4-9H,1-3H3,(H,21,22,23)/p-1. The van der Waals surface area contributed by atoms with Gasteiger partial charge < -0.3 is 9.29 Å². The minimum absolute atomic E-state index is 0.233. The Bertz CT molecular complexity index is 936. The Kier molecular flexibility index (Phi) is 6.50. The van der Waals surface area contributed by atoms with Gasteiger partial charge in [0.2, 0.25) is 0 Å². The van der Waals surface area contributed by atoms with Crippen molar-refractivity contribution in [2.75, 3.05) is 0 Å². The molecule has 0 unspecified atom stereocenters. The van der Waals surface area contributed by atoms with Crippen LogP contribution in [0.2, 0.25) is 0 Å². The van der Waals surface area contributed by atoms with Crippen LogP contribution in [0.25, 0.3) is 0 Å². The molecule has 0 bridgehead atoms. The quantitative estimate of drug-likeness (QED) is 0.229. The molecule has 0 spiro atoms. The van der Waals surface area contributed by atoms with Gasteiger partial charge in [0, 0.05) is 3.57 Å². The molecule has 0 N–H and O–H groups in total. The van der Waals surface area contributed by atoms with Gasteiger partial charge in [-0.3, -0.25) is 0 Å². The van der Waals surface area contributed by atoms with Gasteiger partial charge in [-0.15, -0.1) is 0 Å². The number of benzene rings is 2. The Morgan fingerprint density at radius 3 is 2.36 bits per heavy atom. The maximum atomic E-state index is 12.6. The highest BCUT2D eigenvalue weighted by Gasteiger charge is 2.20. The van der Waals surface area contributed by atoms with Gasteiger partial charge in [0.1, 0.15) is 15.9 Å². The van der Waals surface area contributed by atoms with Crippen LogP contribution in [-0.4, -0.2) is 18.9 Å². The molecule has 0 heterocycles. The summed E-state index contributed by atoms with van der Waals surface area (Å²) in [5, 5.41) is 0. The maximum absolute atomic E-state index is 12.6. The second-order valence-electron chi connectivity index (χ2n) is 5.78. The Labute approximate surface area is 174 Å². The first-order valence-corrected chi connectivity index (χ1v) is 10.8. The van der Waals surface area contributed by atoms with Crippen molar-refractivity contribution >= 4 is 61.3 Å². The predicted molar refractivity (Wildman–Crippen MR) is 110 cm³/mol. The molecule has 0 fully saturated rings. The van der Waals surface area contributed by atoms with Crippen molar-refractivity contribution in [2.45, 2.75) is 31.6 Å². The third kappa shape index (κ3) is 4.92. The van der Waals surface area contributed by atoms with Crippen molar-refractivity contribution < 1.29 is 22.5 Å². The zero-order valence-corrected chi connectivity index (χ0v) is 18.8. The normalized spacial score (nSPS) is 11.6. The number of rotatable bonds is 4. The summed E-state index contributed by atoms with van der Waals surface area (Å²) in [6, 6.07) is 8.16. The lowest BCUT2D eigenvalue weighted by atomic mass is 9.97. The number of ether oxygens (including phenoxy) is 1. The molecule has 0 radical (unpaired) electrons. The first kappa shape index (κ1) is 20.6. The van der Waals surface area contributed by atoms with Crippen molar-refractivity contribution in [3.05, 3.63) is 54.2 Å². The van der Waals surface area contributed by atoms with E-state index in [1.54, 1.807) is 26.8 Å². The van der Waals surface area contributed by atoms with E-state index in [0.29, 0.717) is 16.9 Å². The second kappa shape index (κ2) is 7.89. The van der Waals surface area contributed by atoms with Crippen molar-refractivity contribution in [2.24, 2.45) is 0 Å². The molecule has 0 saturated carbocycles. The van der Waals surface area contributed by atoms with E-state index in [9.17, 15) is 17.8 Å². The summed E-state index contributed by atoms with van der Waals surface area (Å²) in [4.78, 5) is 12.3. The lowest BCUT2D eigenvalue weighted by Crippen LogP contribution is -2.14. The van der Waals surface area contributed by atoms with Crippen molar-refractivity contribution in [1.82, 2.24) is 0 Å². The second-order valence-corrected chi connectivity index (χ2v) is 9.53. The first-order valence-electron chi connectivity index (χ1n) is 7.28. The van der Waals surface area contributed by atoms with Crippen molar-refractivity contribution in [3.8, 4) is 5.75 Å². The Morgan fingerprint density at radius 2 is 1.80 bits per heavy atom. The Morgan fingerprint density at radius 1 is 1.16 bits per heavy atom. The van der Waals surface area contributed by atoms with Crippen LogP contribution >= 0.6 is 45.2 Å². The molecule has 0 amide bonds. The SMILES string of the molecule is Cc1cc(S(=O)(=O)[O-])c(C(C)C)cc1C(=O)Oc1cc(I)ccc1I. The lowest BCUT2D eigenvalue weighted by molar-refractivity contribution is 0.0732. The first-order chi connectivity index (χ1) is 11.5. The number of carbonyl (C=O) groups is 1. The number of esters is 1. The maximum Gasteiger partial charge on any atom is 0.343 e. The van der Waals surface area contributed by atoms with Crippen LogP contribution in [0.5, 0.6) is 5.75 Å². The molecule has 0 aliphatic carbocycles. The van der Waals surface area contributed by atoms with Gasteiger partial charge in [-0.05, 0) is 99.5 Å². The minimum Gasteiger partial charge on any atom is -0.744 e.